The molecule has 2 N–H and O–H groups in total. The van der Waals surface area contributed by atoms with Gasteiger partial charge in [-0.05, 0) is 72.8 Å². The fraction of sp³-hybridized carbons (Fsp3) is 0.333. The van der Waals surface area contributed by atoms with E-state index in [9.17, 15) is 0 Å². The summed E-state index contributed by atoms with van der Waals surface area (Å²) in [6.07, 6.45) is 24.2. The van der Waals surface area contributed by atoms with Crippen molar-refractivity contribution in [2.45, 2.75) is 71.2 Å². The van der Waals surface area contributed by atoms with E-state index in [-0.39, 0.29) is 11.5 Å². The van der Waals surface area contributed by atoms with Crippen LogP contribution in [-0.4, -0.2) is 12.6 Å². The van der Waals surface area contributed by atoms with Gasteiger partial charge in [0.15, 0.2) is 0 Å². The molecule has 0 fully saturated rings. The molecule has 3 heteroatoms. The predicted molar refractivity (Wildman–Crippen MR) is 175 cm³/mol. The maximum absolute atomic E-state index is 4.74. The van der Waals surface area contributed by atoms with Gasteiger partial charge in [-0.25, -0.2) is 0 Å². The first-order chi connectivity index (χ1) is 18.8. The second-order valence-electron chi connectivity index (χ2n) is 11.1. The molecule has 0 radical (unpaired) electrons. The first kappa shape index (κ1) is 28.8. The number of fused-ring (bicyclic) bond motifs is 2. The van der Waals surface area contributed by atoms with Crippen LogP contribution in [0.1, 0.15) is 70.1 Å². The number of hydrogen-bond acceptors (Lipinski definition) is 3. The molecule has 2 aliphatic rings. The van der Waals surface area contributed by atoms with Gasteiger partial charge in [0.1, 0.15) is 0 Å². The summed E-state index contributed by atoms with van der Waals surface area (Å²) in [5.74, 6) is 0. The zero-order valence-electron chi connectivity index (χ0n) is 24.3. The zero-order valence-corrected chi connectivity index (χ0v) is 25.1. The van der Waals surface area contributed by atoms with Gasteiger partial charge in [0.05, 0.1) is 0 Å². The quantitative estimate of drug-likeness (QED) is 0.382. The van der Waals surface area contributed by atoms with Crippen molar-refractivity contribution in [3.8, 4) is 11.1 Å². The molecule has 2 aromatic rings. The Kier molecular flexibility index (Phi) is 9.80. The molecule has 0 saturated carbocycles. The molecule has 2 nitrogen and oxygen atoms in total. The van der Waals surface area contributed by atoms with Crippen molar-refractivity contribution in [1.29, 1.82) is 0 Å². The van der Waals surface area contributed by atoms with Crippen molar-refractivity contribution < 1.29 is 0 Å². The molecule has 2 aliphatic heterocycles. The van der Waals surface area contributed by atoms with Crippen molar-refractivity contribution in [3.05, 3.63) is 107 Å². The maximum atomic E-state index is 4.74. The summed E-state index contributed by atoms with van der Waals surface area (Å²) in [5.41, 5.74) is 8.62. The number of benzene rings is 2. The molecule has 4 rings (SSSR count). The molecule has 0 amide bonds. The normalized spacial score (nSPS) is 22.6. The van der Waals surface area contributed by atoms with Crippen molar-refractivity contribution in [2.75, 3.05) is 11.9 Å². The summed E-state index contributed by atoms with van der Waals surface area (Å²) >= 11 is 1.83. The van der Waals surface area contributed by atoms with Gasteiger partial charge >= 0.3 is 0 Å². The lowest BCUT2D eigenvalue weighted by Crippen LogP contribution is -2.17. The van der Waals surface area contributed by atoms with Gasteiger partial charge in [-0.1, -0.05) is 118 Å². The number of para-hydroxylation sites is 1. The second kappa shape index (κ2) is 13.3. The van der Waals surface area contributed by atoms with Gasteiger partial charge in [0.2, 0.25) is 0 Å². The summed E-state index contributed by atoms with van der Waals surface area (Å²) in [6.45, 7) is 16.8. The molecular weight excluding hydrogens is 492 g/mol. The molecule has 1 atom stereocenters. The van der Waals surface area contributed by atoms with E-state index in [1.54, 1.807) is 0 Å². The van der Waals surface area contributed by atoms with E-state index in [1.165, 1.54) is 48.9 Å². The highest BCUT2D eigenvalue weighted by Crippen LogP contribution is 2.48. The smallest absolute Gasteiger partial charge is 0.0498 e. The van der Waals surface area contributed by atoms with Crippen molar-refractivity contribution >= 4 is 29.1 Å². The molecular formula is C36H44N2S. The van der Waals surface area contributed by atoms with Gasteiger partial charge in [0, 0.05) is 39.8 Å². The van der Waals surface area contributed by atoms with Crippen LogP contribution in [0, 0.1) is 12.3 Å². The van der Waals surface area contributed by atoms with E-state index in [4.69, 9.17) is 6.58 Å². The summed E-state index contributed by atoms with van der Waals surface area (Å²) in [4.78, 5) is 2.45. The number of hydrogen-bond donors (Lipinski definition) is 2. The molecule has 0 saturated heterocycles. The minimum atomic E-state index is -0.00828. The van der Waals surface area contributed by atoms with Crippen molar-refractivity contribution in [1.82, 2.24) is 5.32 Å². The second-order valence-corrected chi connectivity index (χ2v) is 12.2. The van der Waals surface area contributed by atoms with Gasteiger partial charge in [-0.3, -0.25) is 0 Å². The number of anilines is 1. The number of nitrogens with one attached hydrogen (secondary N) is 2. The summed E-state index contributed by atoms with van der Waals surface area (Å²) in [7, 11) is 0. The molecule has 39 heavy (non-hydrogen) atoms. The Morgan fingerprint density at radius 3 is 2.72 bits per heavy atom. The third kappa shape index (κ3) is 7.08. The summed E-state index contributed by atoms with van der Waals surface area (Å²) in [6, 6.07) is 11.7. The largest absolute Gasteiger partial charge is 0.387 e. The van der Waals surface area contributed by atoms with Crippen LogP contribution < -0.4 is 10.6 Å². The Bertz CT molecular complexity index is 1340. The molecule has 2 aromatic carbocycles. The van der Waals surface area contributed by atoms with Crippen LogP contribution >= 0.6 is 11.8 Å². The lowest BCUT2D eigenvalue weighted by molar-refractivity contribution is 0.441. The average molecular weight is 537 g/mol. The van der Waals surface area contributed by atoms with E-state index in [1.807, 2.05) is 11.8 Å². The molecule has 2 heterocycles. The Morgan fingerprint density at radius 1 is 1.10 bits per heavy atom. The Hall–Kier alpha value is -3.17. The monoisotopic (exact) mass is 536 g/mol. The van der Waals surface area contributed by atoms with Crippen LogP contribution in [0.4, 0.5) is 5.69 Å². The minimum absolute atomic E-state index is 0.00828. The van der Waals surface area contributed by atoms with Crippen molar-refractivity contribution in [3.63, 3.8) is 0 Å². The predicted octanol–water partition coefficient (Wildman–Crippen LogP) is 10.3. The molecule has 0 spiro atoms. The maximum Gasteiger partial charge on any atom is 0.0498 e. The molecule has 0 aliphatic carbocycles. The number of allylic oxidation sites excluding steroid dienone is 6. The first-order valence-corrected chi connectivity index (χ1v) is 15.1. The lowest BCUT2D eigenvalue weighted by atomic mass is 9.76. The fourth-order valence-corrected chi connectivity index (χ4v) is 6.38. The minimum Gasteiger partial charge on any atom is -0.387 e. The number of thioether (sulfide) groups is 1. The van der Waals surface area contributed by atoms with Gasteiger partial charge < -0.3 is 10.6 Å². The standard InChI is InChI=1S/C36H44N2S/c1-7-16-30-25-37-22-14-10-9-13-21-36(5,6)27(4)32-23-26(3)24-33(35(32)39-30)31-20-15-18-28-17-11-12-19-29(8-2)38-34(28)31/h7,10-12,14-20,23-25,29,37-38H,4,8-9,13,21-22H2,1-3,5-6H3/b14-10-,16-7-,17-11?,19-12-,30-25-. The van der Waals surface area contributed by atoms with E-state index >= 15 is 0 Å². The summed E-state index contributed by atoms with van der Waals surface area (Å²) in [5, 5.41) is 7.38. The van der Waals surface area contributed by atoms with Crippen molar-refractivity contribution in [2.24, 2.45) is 5.41 Å². The van der Waals surface area contributed by atoms with E-state index in [0.29, 0.717) is 0 Å². The molecule has 204 valence electrons. The van der Waals surface area contributed by atoms with E-state index in [2.05, 4.69) is 130 Å². The number of rotatable bonds is 3. The molecule has 1 unspecified atom stereocenters. The fourth-order valence-electron chi connectivity index (χ4n) is 5.23. The zero-order chi connectivity index (χ0) is 27.8. The highest BCUT2D eigenvalue weighted by atomic mass is 32.2. The Balaban J connectivity index is 1.97. The van der Waals surface area contributed by atoms with E-state index < -0.39 is 0 Å². The Morgan fingerprint density at radius 2 is 1.92 bits per heavy atom. The molecule has 0 bridgehead atoms. The Labute approximate surface area is 240 Å². The van der Waals surface area contributed by atoms with Crippen LogP contribution in [0.5, 0.6) is 0 Å². The van der Waals surface area contributed by atoms with Crippen LogP contribution in [0.3, 0.4) is 0 Å². The van der Waals surface area contributed by atoms with Gasteiger partial charge in [-0.15, -0.1) is 0 Å². The lowest BCUT2D eigenvalue weighted by Gasteiger charge is -2.31. The van der Waals surface area contributed by atoms with Gasteiger partial charge in [0.25, 0.3) is 0 Å². The first-order valence-electron chi connectivity index (χ1n) is 14.3. The highest BCUT2D eigenvalue weighted by molar-refractivity contribution is 8.03. The third-order valence-electron chi connectivity index (χ3n) is 7.63. The van der Waals surface area contributed by atoms with E-state index in [0.717, 1.165) is 32.2 Å². The van der Waals surface area contributed by atoms with Gasteiger partial charge in [-0.2, -0.15) is 0 Å². The molecule has 0 aromatic heterocycles. The summed E-state index contributed by atoms with van der Waals surface area (Å²) < 4.78 is 0. The SMILES string of the molecule is C=C1c2cc(C)cc(-c3cccc4c3NC(CC)/C=C\C=C4)c2SC(/C=C\C)=C\NC/C=C\CCCC1(C)C. The van der Waals surface area contributed by atoms with Crippen LogP contribution in [-0.2, 0) is 0 Å². The van der Waals surface area contributed by atoms with Crippen LogP contribution in [0.2, 0.25) is 0 Å². The third-order valence-corrected chi connectivity index (χ3v) is 8.77. The van der Waals surface area contributed by atoms with Crippen LogP contribution in [0.25, 0.3) is 22.8 Å². The topological polar surface area (TPSA) is 24.1 Å². The highest BCUT2D eigenvalue weighted by Gasteiger charge is 2.27. The van der Waals surface area contributed by atoms with Crippen LogP contribution in [0.15, 0.2) is 95.4 Å². The average Bonchev–Trinajstić information content (AvgIpc) is 2.90. The number of aryl methyl sites for hydroxylation is 1.